The summed E-state index contributed by atoms with van der Waals surface area (Å²) >= 11 is 0. The predicted octanol–water partition coefficient (Wildman–Crippen LogP) is 5.87. The Balaban J connectivity index is 4.61. The van der Waals surface area contributed by atoms with Crippen LogP contribution in [-0.2, 0) is 0 Å². The molecule has 97 valence electrons. The molecule has 0 amide bonds. The van der Waals surface area contributed by atoms with Crippen LogP contribution >= 0.6 is 0 Å². The number of unbranched alkanes of at least 4 members (excludes halogenated alkanes) is 1. The summed E-state index contributed by atoms with van der Waals surface area (Å²) < 4.78 is 0. The Labute approximate surface area is 104 Å². The van der Waals surface area contributed by atoms with E-state index in [-0.39, 0.29) is 0 Å². The van der Waals surface area contributed by atoms with Crippen LogP contribution in [0.5, 0.6) is 0 Å². The summed E-state index contributed by atoms with van der Waals surface area (Å²) in [5, 5.41) is 0. The van der Waals surface area contributed by atoms with Gasteiger partial charge in [0.2, 0.25) is 0 Å². The Morgan fingerprint density at radius 1 is 1.00 bits per heavy atom. The lowest BCUT2D eigenvalue weighted by Gasteiger charge is -2.41. The van der Waals surface area contributed by atoms with Crippen molar-refractivity contribution in [3.05, 3.63) is 5.92 Å². The molecule has 0 fully saturated rings. The molecule has 0 bridgehead atoms. The van der Waals surface area contributed by atoms with Gasteiger partial charge in [-0.05, 0) is 35.5 Å². The maximum absolute atomic E-state index is 2.45. The van der Waals surface area contributed by atoms with Crippen LogP contribution in [0.15, 0.2) is 0 Å². The van der Waals surface area contributed by atoms with Crippen molar-refractivity contribution in [3.8, 4) is 0 Å². The minimum atomic E-state index is 0.434. The summed E-state index contributed by atoms with van der Waals surface area (Å²) in [6.45, 7) is 18.9. The summed E-state index contributed by atoms with van der Waals surface area (Å²) in [5.41, 5.74) is 0.871. The van der Waals surface area contributed by atoms with Gasteiger partial charge in [-0.2, -0.15) is 0 Å². The summed E-state index contributed by atoms with van der Waals surface area (Å²) in [7, 11) is 0. The fourth-order valence-corrected chi connectivity index (χ4v) is 3.36. The average molecular weight is 225 g/mol. The SMILES string of the molecule is CCCCC([C](C)C)C(C)(C)CC(C)(C)C. The highest BCUT2D eigenvalue weighted by Gasteiger charge is 2.34. The highest BCUT2D eigenvalue weighted by molar-refractivity contribution is 4.96. The second-order valence-electron chi connectivity index (χ2n) is 7.50. The molecule has 0 nitrogen and oxygen atoms in total. The summed E-state index contributed by atoms with van der Waals surface area (Å²) in [5.74, 6) is 2.40. The van der Waals surface area contributed by atoms with Gasteiger partial charge in [0.05, 0.1) is 0 Å². The molecule has 0 aliphatic rings. The molecule has 0 aromatic carbocycles. The standard InChI is InChI=1S/C16H33/c1-9-10-11-14(13(2)3)16(7,8)12-15(4,5)6/h14H,9-12H2,1-8H3. The highest BCUT2D eigenvalue weighted by atomic mass is 14.4. The molecule has 1 atom stereocenters. The third-order valence-electron chi connectivity index (χ3n) is 3.47. The van der Waals surface area contributed by atoms with E-state index in [1.54, 1.807) is 5.92 Å². The average Bonchev–Trinajstić information content (AvgIpc) is 1.98. The van der Waals surface area contributed by atoms with Crippen molar-refractivity contribution < 1.29 is 0 Å². The normalized spacial score (nSPS) is 15.6. The van der Waals surface area contributed by atoms with Crippen LogP contribution in [-0.4, -0.2) is 0 Å². The molecule has 16 heavy (non-hydrogen) atoms. The van der Waals surface area contributed by atoms with Crippen molar-refractivity contribution in [1.82, 2.24) is 0 Å². The van der Waals surface area contributed by atoms with Gasteiger partial charge < -0.3 is 0 Å². The van der Waals surface area contributed by atoms with Gasteiger partial charge in [0.1, 0.15) is 0 Å². The molecule has 0 aliphatic carbocycles. The largest absolute Gasteiger partial charge is 0.0654 e. The van der Waals surface area contributed by atoms with Crippen molar-refractivity contribution in [2.45, 2.75) is 81.1 Å². The van der Waals surface area contributed by atoms with E-state index >= 15 is 0 Å². The van der Waals surface area contributed by atoms with Crippen LogP contribution in [0.1, 0.15) is 81.1 Å². The quantitative estimate of drug-likeness (QED) is 0.530. The molecule has 0 saturated heterocycles. The molecule has 1 unspecified atom stereocenters. The van der Waals surface area contributed by atoms with Crippen LogP contribution in [0.2, 0.25) is 0 Å². The first kappa shape index (κ1) is 16.0. The van der Waals surface area contributed by atoms with Gasteiger partial charge in [-0.15, -0.1) is 0 Å². The molecule has 0 aromatic rings. The van der Waals surface area contributed by atoms with E-state index in [0.29, 0.717) is 10.8 Å². The van der Waals surface area contributed by atoms with Crippen LogP contribution in [0.25, 0.3) is 0 Å². The summed E-state index contributed by atoms with van der Waals surface area (Å²) in [6.07, 6.45) is 5.35. The smallest absolute Gasteiger partial charge is 0.0267 e. The molecular weight excluding hydrogens is 192 g/mol. The van der Waals surface area contributed by atoms with Crippen molar-refractivity contribution in [2.24, 2.45) is 16.7 Å². The zero-order chi connectivity index (χ0) is 13.0. The van der Waals surface area contributed by atoms with E-state index in [9.17, 15) is 0 Å². The maximum atomic E-state index is 2.45. The zero-order valence-corrected chi connectivity index (χ0v) is 12.9. The van der Waals surface area contributed by atoms with Gasteiger partial charge in [-0.25, -0.2) is 0 Å². The Morgan fingerprint density at radius 3 is 1.81 bits per heavy atom. The number of rotatable bonds is 6. The molecule has 0 aromatic heterocycles. The van der Waals surface area contributed by atoms with E-state index in [1.807, 2.05) is 0 Å². The lowest BCUT2D eigenvalue weighted by molar-refractivity contribution is 0.130. The molecule has 0 rings (SSSR count). The molecular formula is C16H33. The number of hydrogen-bond donors (Lipinski definition) is 0. The third kappa shape index (κ3) is 5.92. The van der Waals surface area contributed by atoms with Crippen molar-refractivity contribution in [3.63, 3.8) is 0 Å². The van der Waals surface area contributed by atoms with Gasteiger partial charge in [0.25, 0.3) is 0 Å². The van der Waals surface area contributed by atoms with Crippen molar-refractivity contribution >= 4 is 0 Å². The molecule has 0 N–H and O–H groups in total. The number of hydrogen-bond acceptors (Lipinski definition) is 0. The Morgan fingerprint density at radius 2 is 1.50 bits per heavy atom. The summed E-state index contributed by atoms with van der Waals surface area (Å²) in [6, 6.07) is 0. The molecule has 0 aliphatic heterocycles. The molecule has 0 spiro atoms. The first-order valence-corrected chi connectivity index (χ1v) is 6.90. The minimum Gasteiger partial charge on any atom is -0.0654 e. The Hall–Kier alpha value is 0. The van der Waals surface area contributed by atoms with E-state index in [4.69, 9.17) is 0 Å². The van der Waals surface area contributed by atoms with Gasteiger partial charge in [0.15, 0.2) is 0 Å². The van der Waals surface area contributed by atoms with E-state index < -0.39 is 0 Å². The Kier molecular flexibility index (Phi) is 6.07. The second-order valence-corrected chi connectivity index (χ2v) is 7.50. The van der Waals surface area contributed by atoms with E-state index in [0.717, 1.165) is 5.92 Å². The van der Waals surface area contributed by atoms with Crippen LogP contribution in [0.4, 0.5) is 0 Å². The third-order valence-corrected chi connectivity index (χ3v) is 3.47. The van der Waals surface area contributed by atoms with Crippen LogP contribution < -0.4 is 0 Å². The highest BCUT2D eigenvalue weighted by Crippen LogP contribution is 2.44. The van der Waals surface area contributed by atoms with Gasteiger partial charge in [-0.3, -0.25) is 0 Å². The molecule has 0 saturated carbocycles. The summed E-state index contributed by atoms with van der Waals surface area (Å²) in [4.78, 5) is 0. The van der Waals surface area contributed by atoms with Crippen molar-refractivity contribution in [2.75, 3.05) is 0 Å². The monoisotopic (exact) mass is 225 g/mol. The predicted molar refractivity (Wildman–Crippen MR) is 75.5 cm³/mol. The van der Waals surface area contributed by atoms with E-state index in [1.165, 1.54) is 25.7 Å². The zero-order valence-electron chi connectivity index (χ0n) is 12.9. The maximum Gasteiger partial charge on any atom is -0.0267 e. The second kappa shape index (κ2) is 6.07. The van der Waals surface area contributed by atoms with Crippen LogP contribution in [0.3, 0.4) is 0 Å². The van der Waals surface area contributed by atoms with Crippen LogP contribution in [0, 0.1) is 22.7 Å². The van der Waals surface area contributed by atoms with Crippen molar-refractivity contribution in [1.29, 1.82) is 0 Å². The fraction of sp³-hybridized carbons (Fsp3) is 0.938. The van der Waals surface area contributed by atoms with Gasteiger partial charge in [0, 0.05) is 0 Å². The lowest BCUT2D eigenvalue weighted by atomic mass is 9.64. The van der Waals surface area contributed by atoms with Gasteiger partial charge >= 0.3 is 0 Å². The van der Waals surface area contributed by atoms with Gasteiger partial charge in [-0.1, -0.05) is 68.2 Å². The van der Waals surface area contributed by atoms with E-state index in [2.05, 4.69) is 55.4 Å². The lowest BCUT2D eigenvalue weighted by Crippen LogP contribution is -2.31. The molecule has 0 heterocycles. The minimum absolute atomic E-state index is 0.434. The molecule has 0 heteroatoms. The fourth-order valence-electron chi connectivity index (χ4n) is 3.36. The first-order chi connectivity index (χ1) is 7.10. The Bertz CT molecular complexity index is 181. The molecule has 1 radical (unpaired) electrons. The first-order valence-electron chi connectivity index (χ1n) is 6.90. The topological polar surface area (TPSA) is 0 Å².